The number of amides is 3. The third-order valence-corrected chi connectivity index (χ3v) is 4.64. The van der Waals surface area contributed by atoms with Crippen LogP contribution < -0.4 is 5.32 Å². The molecule has 3 amide bonds. The molecule has 0 aliphatic carbocycles. The molecule has 0 saturated heterocycles. The van der Waals surface area contributed by atoms with E-state index in [-0.39, 0.29) is 17.4 Å². The molecular weight excluding hydrogens is 372 g/mol. The van der Waals surface area contributed by atoms with Crippen molar-refractivity contribution < 1.29 is 23.9 Å². The van der Waals surface area contributed by atoms with Crippen LogP contribution in [-0.2, 0) is 22.6 Å². The van der Waals surface area contributed by atoms with E-state index in [9.17, 15) is 14.4 Å². The minimum Gasteiger partial charge on any atom is -0.379 e. The van der Waals surface area contributed by atoms with Crippen LogP contribution in [0.2, 0.25) is 0 Å². The highest BCUT2D eigenvalue weighted by molar-refractivity contribution is 6.21. The first-order valence-corrected chi connectivity index (χ1v) is 9.49. The molecule has 1 aliphatic heterocycles. The van der Waals surface area contributed by atoms with E-state index in [1.807, 2.05) is 31.2 Å². The Bertz CT molecular complexity index is 925. The van der Waals surface area contributed by atoms with Crippen LogP contribution in [0.3, 0.4) is 0 Å². The Labute approximate surface area is 169 Å². The normalized spacial score (nSPS) is 13.0. The third kappa shape index (κ3) is 4.88. The first-order valence-electron chi connectivity index (χ1n) is 9.49. The summed E-state index contributed by atoms with van der Waals surface area (Å²) >= 11 is 0. The molecule has 0 unspecified atom stereocenters. The van der Waals surface area contributed by atoms with Gasteiger partial charge < -0.3 is 14.8 Å². The third-order valence-electron chi connectivity index (χ3n) is 4.64. The van der Waals surface area contributed by atoms with Gasteiger partial charge in [0.05, 0.1) is 30.9 Å². The predicted molar refractivity (Wildman–Crippen MR) is 107 cm³/mol. The standard InChI is InChI=1S/C22H24N2O5/c1-3-28-9-10-29-14-16-6-4-5-15(11-16)13-23-20(25)17-7-8-18-19(12-17)22(27)24(2)21(18)26/h4-8,11-12H,3,9-10,13-14H2,1-2H3,(H,23,25). The molecular formula is C22H24N2O5. The smallest absolute Gasteiger partial charge is 0.261 e. The molecule has 1 N–H and O–H groups in total. The van der Waals surface area contributed by atoms with Gasteiger partial charge in [0.25, 0.3) is 17.7 Å². The summed E-state index contributed by atoms with van der Waals surface area (Å²) in [6.45, 7) is 4.53. The van der Waals surface area contributed by atoms with Gasteiger partial charge in [-0.05, 0) is 36.2 Å². The summed E-state index contributed by atoms with van der Waals surface area (Å²) in [7, 11) is 1.43. The summed E-state index contributed by atoms with van der Waals surface area (Å²) in [6, 6.07) is 12.3. The van der Waals surface area contributed by atoms with Gasteiger partial charge >= 0.3 is 0 Å². The van der Waals surface area contributed by atoms with Crippen LogP contribution >= 0.6 is 0 Å². The molecule has 0 aromatic heterocycles. The topological polar surface area (TPSA) is 84.9 Å². The fraction of sp³-hybridized carbons (Fsp3) is 0.318. The number of carbonyl (C=O) groups is 3. The van der Waals surface area contributed by atoms with E-state index in [1.54, 1.807) is 6.07 Å². The van der Waals surface area contributed by atoms with E-state index >= 15 is 0 Å². The lowest BCUT2D eigenvalue weighted by molar-refractivity contribution is 0.0453. The Morgan fingerprint density at radius 1 is 0.966 bits per heavy atom. The maximum Gasteiger partial charge on any atom is 0.261 e. The quantitative estimate of drug-likeness (QED) is 0.520. The number of fused-ring (bicyclic) bond motifs is 1. The Morgan fingerprint density at radius 2 is 1.69 bits per heavy atom. The van der Waals surface area contributed by atoms with Gasteiger partial charge in [0.1, 0.15) is 0 Å². The maximum atomic E-state index is 12.5. The average molecular weight is 396 g/mol. The van der Waals surface area contributed by atoms with Crippen molar-refractivity contribution in [2.24, 2.45) is 0 Å². The predicted octanol–water partition coefficient (Wildman–Crippen LogP) is 2.40. The Hall–Kier alpha value is -3.03. The minimum absolute atomic E-state index is 0.261. The van der Waals surface area contributed by atoms with Gasteiger partial charge in [-0.3, -0.25) is 19.3 Å². The van der Waals surface area contributed by atoms with Gasteiger partial charge in [-0.15, -0.1) is 0 Å². The van der Waals surface area contributed by atoms with Gasteiger partial charge in [-0.2, -0.15) is 0 Å². The lowest BCUT2D eigenvalue weighted by Crippen LogP contribution is -2.24. The van der Waals surface area contributed by atoms with Crippen molar-refractivity contribution in [3.63, 3.8) is 0 Å². The summed E-state index contributed by atoms with van der Waals surface area (Å²) in [5, 5.41) is 2.85. The van der Waals surface area contributed by atoms with Gasteiger partial charge in [-0.25, -0.2) is 0 Å². The molecule has 2 aromatic carbocycles. The fourth-order valence-electron chi connectivity index (χ4n) is 3.07. The number of carbonyl (C=O) groups excluding carboxylic acids is 3. The van der Waals surface area contributed by atoms with Crippen molar-refractivity contribution >= 4 is 17.7 Å². The van der Waals surface area contributed by atoms with Crippen LogP contribution in [0.5, 0.6) is 0 Å². The highest BCUT2D eigenvalue weighted by Crippen LogP contribution is 2.22. The molecule has 0 radical (unpaired) electrons. The first kappa shape index (κ1) is 20.7. The molecule has 0 saturated carbocycles. The Morgan fingerprint density at radius 3 is 2.48 bits per heavy atom. The van der Waals surface area contributed by atoms with Gasteiger partial charge in [0.15, 0.2) is 0 Å². The average Bonchev–Trinajstić information content (AvgIpc) is 2.96. The second kappa shape index (κ2) is 9.45. The summed E-state index contributed by atoms with van der Waals surface area (Å²) in [4.78, 5) is 37.6. The highest BCUT2D eigenvalue weighted by atomic mass is 16.5. The summed E-state index contributed by atoms with van der Waals surface area (Å²) in [5.41, 5.74) is 2.88. The second-order valence-electron chi connectivity index (χ2n) is 6.68. The van der Waals surface area contributed by atoms with Gasteiger partial charge in [0, 0.05) is 25.8 Å². The number of hydrogen-bond acceptors (Lipinski definition) is 5. The van der Waals surface area contributed by atoms with Gasteiger partial charge in [-0.1, -0.05) is 24.3 Å². The molecule has 2 aromatic rings. The number of ether oxygens (including phenoxy) is 2. The molecule has 3 rings (SSSR count). The number of hydrogen-bond donors (Lipinski definition) is 1. The minimum atomic E-state index is -0.392. The van der Waals surface area contributed by atoms with Crippen molar-refractivity contribution in [3.05, 3.63) is 70.3 Å². The molecule has 0 fully saturated rings. The van der Waals surface area contributed by atoms with Crippen LogP contribution in [0, 0.1) is 0 Å². The molecule has 7 heteroatoms. The molecule has 152 valence electrons. The number of nitrogens with one attached hydrogen (secondary N) is 1. The van der Waals surface area contributed by atoms with E-state index in [2.05, 4.69) is 5.32 Å². The Kier molecular flexibility index (Phi) is 6.74. The summed E-state index contributed by atoms with van der Waals surface area (Å²) in [6.07, 6.45) is 0. The number of rotatable bonds is 9. The van der Waals surface area contributed by atoms with Crippen molar-refractivity contribution in [1.82, 2.24) is 10.2 Å². The lowest BCUT2D eigenvalue weighted by Gasteiger charge is -2.09. The lowest BCUT2D eigenvalue weighted by atomic mass is 10.1. The van der Waals surface area contributed by atoms with Crippen molar-refractivity contribution in [2.75, 3.05) is 26.9 Å². The second-order valence-corrected chi connectivity index (χ2v) is 6.68. The molecule has 1 heterocycles. The highest BCUT2D eigenvalue weighted by Gasteiger charge is 2.33. The van der Waals surface area contributed by atoms with E-state index < -0.39 is 5.91 Å². The van der Waals surface area contributed by atoms with Crippen LogP contribution in [0.25, 0.3) is 0 Å². The van der Waals surface area contributed by atoms with Crippen LogP contribution in [0.1, 0.15) is 49.1 Å². The monoisotopic (exact) mass is 396 g/mol. The molecule has 7 nitrogen and oxygen atoms in total. The summed E-state index contributed by atoms with van der Waals surface area (Å²) < 4.78 is 10.8. The van der Waals surface area contributed by atoms with Gasteiger partial charge in [0.2, 0.25) is 0 Å². The van der Waals surface area contributed by atoms with Crippen molar-refractivity contribution in [1.29, 1.82) is 0 Å². The zero-order valence-electron chi connectivity index (χ0n) is 16.6. The molecule has 29 heavy (non-hydrogen) atoms. The Balaban J connectivity index is 1.57. The van der Waals surface area contributed by atoms with E-state index in [0.717, 1.165) is 16.0 Å². The van der Waals surface area contributed by atoms with Crippen LogP contribution in [0.15, 0.2) is 42.5 Å². The zero-order valence-corrected chi connectivity index (χ0v) is 16.6. The van der Waals surface area contributed by atoms with E-state index in [4.69, 9.17) is 9.47 Å². The van der Waals surface area contributed by atoms with E-state index in [1.165, 1.54) is 19.2 Å². The largest absolute Gasteiger partial charge is 0.379 e. The van der Waals surface area contributed by atoms with E-state index in [0.29, 0.717) is 44.1 Å². The van der Waals surface area contributed by atoms with Crippen LogP contribution in [-0.4, -0.2) is 49.5 Å². The SMILES string of the molecule is CCOCCOCc1cccc(CNC(=O)c2ccc3c(c2)C(=O)N(C)C3=O)c1. The fourth-order valence-corrected chi connectivity index (χ4v) is 3.07. The number of benzene rings is 2. The van der Waals surface area contributed by atoms with Crippen LogP contribution in [0.4, 0.5) is 0 Å². The number of imide groups is 1. The first-order chi connectivity index (χ1) is 14.0. The molecule has 0 spiro atoms. The molecule has 0 atom stereocenters. The van der Waals surface area contributed by atoms with Crippen molar-refractivity contribution in [3.8, 4) is 0 Å². The molecule has 1 aliphatic rings. The van der Waals surface area contributed by atoms with Crippen molar-refractivity contribution in [2.45, 2.75) is 20.1 Å². The number of nitrogens with zero attached hydrogens (tertiary/aromatic N) is 1. The zero-order chi connectivity index (χ0) is 20.8. The summed E-state index contributed by atoms with van der Waals surface area (Å²) in [5.74, 6) is -1.05. The molecule has 0 bridgehead atoms. The maximum absolute atomic E-state index is 12.5.